The van der Waals surface area contributed by atoms with E-state index in [1.165, 1.54) is 45.1 Å². The molecule has 15 heavy (non-hydrogen) atoms. The zero-order chi connectivity index (χ0) is 10.3. The van der Waals surface area contributed by atoms with Crippen LogP contribution in [0.15, 0.2) is 0 Å². The molecule has 0 bridgehead atoms. The van der Waals surface area contributed by atoms with E-state index in [9.17, 15) is 0 Å². The molecule has 0 saturated heterocycles. The standard InChI is InChI=1S/C13H23NO/c1-2-15-12-7-11(8-12)14-9-13(5-6-13)10-3-4-10/h10-12,14H,2-9H2,1H3. The summed E-state index contributed by atoms with van der Waals surface area (Å²) in [4.78, 5) is 0. The zero-order valence-corrected chi connectivity index (χ0v) is 9.80. The highest BCUT2D eigenvalue weighted by Gasteiger charge is 2.53. The lowest BCUT2D eigenvalue weighted by Crippen LogP contribution is -2.47. The summed E-state index contributed by atoms with van der Waals surface area (Å²) in [7, 11) is 0. The molecule has 0 atom stereocenters. The van der Waals surface area contributed by atoms with Crippen molar-refractivity contribution in [3.05, 3.63) is 0 Å². The maximum atomic E-state index is 5.58. The van der Waals surface area contributed by atoms with Crippen molar-refractivity contribution in [1.29, 1.82) is 0 Å². The smallest absolute Gasteiger partial charge is 0.0604 e. The van der Waals surface area contributed by atoms with Crippen molar-refractivity contribution in [3.63, 3.8) is 0 Å². The Bertz CT molecular complexity index is 227. The molecule has 3 aliphatic carbocycles. The Morgan fingerprint density at radius 1 is 1.27 bits per heavy atom. The van der Waals surface area contributed by atoms with Crippen LogP contribution in [-0.4, -0.2) is 25.3 Å². The average Bonchev–Trinajstić information content (AvgIpc) is 2.99. The fourth-order valence-corrected chi connectivity index (χ4v) is 3.04. The monoisotopic (exact) mass is 209 g/mol. The van der Waals surface area contributed by atoms with E-state index >= 15 is 0 Å². The Hall–Kier alpha value is -0.0800. The first-order chi connectivity index (χ1) is 7.32. The van der Waals surface area contributed by atoms with Crippen LogP contribution in [0, 0.1) is 11.3 Å². The molecule has 3 saturated carbocycles. The van der Waals surface area contributed by atoms with Crippen LogP contribution in [0.1, 0.15) is 45.4 Å². The summed E-state index contributed by atoms with van der Waals surface area (Å²) in [5, 5.41) is 3.75. The molecule has 0 radical (unpaired) electrons. The van der Waals surface area contributed by atoms with Gasteiger partial charge in [0.15, 0.2) is 0 Å². The number of rotatable bonds is 6. The van der Waals surface area contributed by atoms with Crippen LogP contribution in [0.2, 0.25) is 0 Å². The van der Waals surface area contributed by atoms with E-state index in [1.807, 2.05) is 0 Å². The first kappa shape index (κ1) is 10.1. The van der Waals surface area contributed by atoms with Crippen molar-refractivity contribution in [2.45, 2.75) is 57.6 Å². The molecule has 0 amide bonds. The van der Waals surface area contributed by atoms with Crippen molar-refractivity contribution in [2.75, 3.05) is 13.2 Å². The Kier molecular flexibility index (Phi) is 2.52. The van der Waals surface area contributed by atoms with Gasteiger partial charge in [-0.15, -0.1) is 0 Å². The maximum absolute atomic E-state index is 5.58. The Balaban J connectivity index is 1.34. The van der Waals surface area contributed by atoms with Crippen molar-refractivity contribution >= 4 is 0 Å². The predicted octanol–water partition coefficient (Wildman–Crippen LogP) is 2.33. The summed E-state index contributed by atoms with van der Waals surface area (Å²) >= 11 is 0. The van der Waals surface area contributed by atoms with E-state index < -0.39 is 0 Å². The highest BCUT2D eigenvalue weighted by Crippen LogP contribution is 2.60. The number of nitrogens with one attached hydrogen (secondary N) is 1. The molecule has 2 nitrogen and oxygen atoms in total. The van der Waals surface area contributed by atoms with E-state index in [1.54, 1.807) is 0 Å². The zero-order valence-electron chi connectivity index (χ0n) is 9.80. The SMILES string of the molecule is CCOC1CC(NCC2(C3CC3)CC2)C1. The topological polar surface area (TPSA) is 21.3 Å². The van der Waals surface area contributed by atoms with Crippen LogP contribution in [0.4, 0.5) is 0 Å². The third kappa shape index (κ3) is 2.07. The van der Waals surface area contributed by atoms with Crippen LogP contribution < -0.4 is 5.32 Å². The van der Waals surface area contributed by atoms with Crippen molar-refractivity contribution in [2.24, 2.45) is 11.3 Å². The lowest BCUT2D eigenvalue weighted by Gasteiger charge is -2.36. The average molecular weight is 209 g/mol. The second-order valence-electron chi connectivity index (χ2n) is 5.76. The summed E-state index contributed by atoms with van der Waals surface area (Å²) in [5.41, 5.74) is 0.761. The van der Waals surface area contributed by atoms with Crippen LogP contribution in [0.3, 0.4) is 0 Å². The van der Waals surface area contributed by atoms with E-state index in [0.29, 0.717) is 6.10 Å². The molecule has 0 aliphatic heterocycles. The van der Waals surface area contributed by atoms with E-state index in [-0.39, 0.29) is 0 Å². The molecule has 3 rings (SSSR count). The van der Waals surface area contributed by atoms with Gasteiger partial charge in [-0.25, -0.2) is 0 Å². The molecule has 0 aromatic rings. The molecular weight excluding hydrogens is 186 g/mol. The van der Waals surface area contributed by atoms with Gasteiger partial charge in [0.1, 0.15) is 0 Å². The minimum atomic E-state index is 0.559. The summed E-state index contributed by atoms with van der Waals surface area (Å²) < 4.78 is 5.58. The fourth-order valence-electron chi connectivity index (χ4n) is 3.04. The highest BCUT2D eigenvalue weighted by atomic mass is 16.5. The Morgan fingerprint density at radius 2 is 2.00 bits per heavy atom. The van der Waals surface area contributed by atoms with Gasteiger partial charge < -0.3 is 10.1 Å². The first-order valence-corrected chi connectivity index (χ1v) is 6.67. The third-order valence-electron chi connectivity index (χ3n) is 4.58. The minimum absolute atomic E-state index is 0.559. The van der Waals surface area contributed by atoms with Crippen molar-refractivity contribution in [1.82, 2.24) is 5.32 Å². The van der Waals surface area contributed by atoms with E-state index in [4.69, 9.17) is 4.74 Å². The van der Waals surface area contributed by atoms with Crippen LogP contribution in [-0.2, 0) is 4.74 Å². The van der Waals surface area contributed by atoms with E-state index in [0.717, 1.165) is 24.0 Å². The molecule has 3 fully saturated rings. The van der Waals surface area contributed by atoms with Crippen LogP contribution >= 0.6 is 0 Å². The number of hydrogen-bond donors (Lipinski definition) is 1. The van der Waals surface area contributed by atoms with Gasteiger partial charge in [-0.05, 0) is 56.8 Å². The molecule has 0 aromatic carbocycles. The van der Waals surface area contributed by atoms with Gasteiger partial charge >= 0.3 is 0 Å². The summed E-state index contributed by atoms with van der Waals surface area (Å²) in [5.74, 6) is 1.09. The van der Waals surface area contributed by atoms with Crippen molar-refractivity contribution < 1.29 is 4.74 Å². The number of hydrogen-bond acceptors (Lipinski definition) is 2. The van der Waals surface area contributed by atoms with Gasteiger partial charge in [-0.1, -0.05) is 0 Å². The molecule has 2 heteroatoms. The first-order valence-electron chi connectivity index (χ1n) is 6.67. The van der Waals surface area contributed by atoms with Gasteiger partial charge in [-0.3, -0.25) is 0 Å². The summed E-state index contributed by atoms with van der Waals surface area (Å²) in [6.45, 7) is 4.26. The molecule has 0 spiro atoms. The van der Waals surface area contributed by atoms with Gasteiger partial charge in [0.25, 0.3) is 0 Å². The highest BCUT2D eigenvalue weighted by molar-refractivity contribution is 5.05. The second-order valence-corrected chi connectivity index (χ2v) is 5.76. The molecule has 0 heterocycles. The fraction of sp³-hybridized carbons (Fsp3) is 1.00. The molecule has 3 aliphatic rings. The maximum Gasteiger partial charge on any atom is 0.0604 e. The van der Waals surface area contributed by atoms with Gasteiger partial charge in [-0.2, -0.15) is 0 Å². The summed E-state index contributed by atoms with van der Waals surface area (Å²) in [6.07, 6.45) is 9.05. The third-order valence-corrected chi connectivity index (χ3v) is 4.58. The Labute approximate surface area is 92.8 Å². The lowest BCUT2D eigenvalue weighted by atomic mass is 9.88. The minimum Gasteiger partial charge on any atom is -0.378 e. The predicted molar refractivity (Wildman–Crippen MR) is 60.8 cm³/mol. The van der Waals surface area contributed by atoms with Gasteiger partial charge in [0.05, 0.1) is 6.10 Å². The quantitative estimate of drug-likeness (QED) is 0.725. The molecular formula is C13H23NO. The molecule has 0 aromatic heterocycles. The van der Waals surface area contributed by atoms with E-state index in [2.05, 4.69) is 12.2 Å². The lowest BCUT2D eigenvalue weighted by molar-refractivity contribution is -0.0110. The molecule has 1 N–H and O–H groups in total. The summed E-state index contributed by atoms with van der Waals surface area (Å²) in [6, 6.07) is 0.762. The van der Waals surface area contributed by atoms with Gasteiger partial charge in [0, 0.05) is 19.2 Å². The van der Waals surface area contributed by atoms with Crippen LogP contribution in [0.5, 0.6) is 0 Å². The molecule has 86 valence electrons. The molecule has 0 unspecified atom stereocenters. The second kappa shape index (κ2) is 3.74. The number of ether oxygens (including phenoxy) is 1. The normalized spacial score (nSPS) is 37.4. The largest absolute Gasteiger partial charge is 0.378 e. The van der Waals surface area contributed by atoms with Gasteiger partial charge in [0.2, 0.25) is 0 Å². The Morgan fingerprint density at radius 3 is 2.53 bits per heavy atom. The van der Waals surface area contributed by atoms with Crippen molar-refractivity contribution in [3.8, 4) is 0 Å². The van der Waals surface area contributed by atoms with Crippen LogP contribution in [0.25, 0.3) is 0 Å².